The Labute approximate surface area is 98.0 Å². The third kappa shape index (κ3) is 2.76. The second kappa shape index (κ2) is 5.35. The Morgan fingerprint density at radius 2 is 2.31 bits per heavy atom. The Balaban J connectivity index is 2.12. The minimum atomic E-state index is 0.640. The average Bonchev–Trinajstić information content (AvgIpc) is 2.75. The molecule has 1 aliphatic heterocycles. The van der Waals surface area contributed by atoms with E-state index in [1.54, 1.807) is 0 Å². The molecular weight excluding hydrogens is 198 g/mol. The normalized spacial score (nSPS) is 20.0. The first kappa shape index (κ1) is 11.5. The lowest BCUT2D eigenvalue weighted by molar-refractivity contribution is 0.335. The van der Waals surface area contributed by atoms with Crippen LogP contribution in [0.1, 0.15) is 30.9 Å². The van der Waals surface area contributed by atoms with Crippen LogP contribution in [0.25, 0.3) is 0 Å². The molecule has 1 saturated heterocycles. The average molecular weight is 219 g/mol. The van der Waals surface area contributed by atoms with Gasteiger partial charge in [-0.2, -0.15) is 0 Å². The van der Waals surface area contributed by atoms with Gasteiger partial charge in [0.15, 0.2) is 0 Å². The van der Waals surface area contributed by atoms with Gasteiger partial charge in [0.05, 0.1) is 6.61 Å². The zero-order valence-electron chi connectivity index (χ0n) is 10.3. The molecular formula is C14H21NO. The van der Waals surface area contributed by atoms with Crippen LogP contribution in [-0.4, -0.2) is 19.2 Å². The molecule has 1 aliphatic rings. The summed E-state index contributed by atoms with van der Waals surface area (Å²) in [7, 11) is 0. The highest BCUT2D eigenvalue weighted by Gasteiger charge is 2.16. The van der Waals surface area contributed by atoms with Gasteiger partial charge in [-0.05, 0) is 51.3 Å². The van der Waals surface area contributed by atoms with Gasteiger partial charge in [0.25, 0.3) is 0 Å². The quantitative estimate of drug-likeness (QED) is 0.840. The van der Waals surface area contributed by atoms with Crippen LogP contribution in [0.2, 0.25) is 0 Å². The number of ether oxygens (including phenoxy) is 1. The van der Waals surface area contributed by atoms with Crippen molar-refractivity contribution in [3.8, 4) is 5.75 Å². The smallest absolute Gasteiger partial charge is 0.122 e. The van der Waals surface area contributed by atoms with E-state index in [4.69, 9.17) is 4.74 Å². The Hall–Kier alpha value is -1.02. The fourth-order valence-corrected chi connectivity index (χ4v) is 2.36. The molecule has 1 N–H and O–H groups in total. The van der Waals surface area contributed by atoms with Crippen LogP contribution in [0.5, 0.6) is 5.75 Å². The summed E-state index contributed by atoms with van der Waals surface area (Å²) < 4.78 is 5.67. The molecule has 0 bridgehead atoms. The van der Waals surface area contributed by atoms with E-state index in [1.807, 2.05) is 6.92 Å². The summed E-state index contributed by atoms with van der Waals surface area (Å²) in [5.74, 6) is 1.06. The zero-order valence-corrected chi connectivity index (χ0v) is 10.3. The number of benzene rings is 1. The van der Waals surface area contributed by atoms with Gasteiger partial charge in [-0.1, -0.05) is 17.7 Å². The molecule has 0 saturated carbocycles. The molecule has 88 valence electrons. The first-order valence-electron chi connectivity index (χ1n) is 6.25. The van der Waals surface area contributed by atoms with E-state index in [-0.39, 0.29) is 0 Å². The SMILES string of the molecule is CCOc1ccc(C)cc1CC1CCCN1. The first-order chi connectivity index (χ1) is 7.79. The molecule has 0 spiro atoms. The molecule has 0 aromatic heterocycles. The summed E-state index contributed by atoms with van der Waals surface area (Å²) in [5.41, 5.74) is 2.66. The van der Waals surface area contributed by atoms with Crippen molar-refractivity contribution >= 4 is 0 Å². The lowest BCUT2D eigenvalue weighted by Crippen LogP contribution is -2.23. The Morgan fingerprint density at radius 3 is 3.00 bits per heavy atom. The van der Waals surface area contributed by atoms with Crippen molar-refractivity contribution in [2.45, 2.75) is 39.2 Å². The van der Waals surface area contributed by atoms with Crippen molar-refractivity contribution in [3.05, 3.63) is 29.3 Å². The topological polar surface area (TPSA) is 21.3 Å². The number of hydrogen-bond acceptors (Lipinski definition) is 2. The summed E-state index contributed by atoms with van der Waals surface area (Å²) in [6.07, 6.45) is 3.69. The Bertz CT molecular complexity index is 343. The van der Waals surface area contributed by atoms with E-state index < -0.39 is 0 Å². The second-order valence-corrected chi connectivity index (χ2v) is 4.54. The second-order valence-electron chi connectivity index (χ2n) is 4.54. The molecule has 2 rings (SSSR count). The van der Waals surface area contributed by atoms with Gasteiger partial charge >= 0.3 is 0 Å². The summed E-state index contributed by atoms with van der Waals surface area (Å²) >= 11 is 0. The molecule has 0 radical (unpaired) electrons. The molecule has 2 heteroatoms. The van der Waals surface area contributed by atoms with Crippen LogP contribution < -0.4 is 10.1 Å². The summed E-state index contributed by atoms with van der Waals surface area (Å²) in [5, 5.41) is 3.54. The van der Waals surface area contributed by atoms with Crippen molar-refractivity contribution in [1.82, 2.24) is 5.32 Å². The summed E-state index contributed by atoms with van der Waals surface area (Å²) in [4.78, 5) is 0. The fourth-order valence-electron chi connectivity index (χ4n) is 2.36. The molecule has 0 amide bonds. The third-order valence-electron chi connectivity index (χ3n) is 3.14. The van der Waals surface area contributed by atoms with Crippen molar-refractivity contribution in [2.75, 3.05) is 13.2 Å². The van der Waals surface area contributed by atoms with Crippen LogP contribution in [0.3, 0.4) is 0 Å². The van der Waals surface area contributed by atoms with E-state index in [1.165, 1.54) is 30.5 Å². The number of nitrogens with one attached hydrogen (secondary N) is 1. The highest BCUT2D eigenvalue weighted by molar-refractivity contribution is 5.37. The van der Waals surface area contributed by atoms with E-state index in [9.17, 15) is 0 Å². The molecule has 1 atom stereocenters. The van der Waals surface area contributed by atoms with Crippen molar-refractivity contribution in [3.63, 3.8) is 0 Å². The van der Waals surface area contributed by atoms with Crippen LogP contribution in [0.15, 0.2) is 18.2 Å². The molecule has 16 heavy (non-hydrogen) atoms. The highest BCUT2D eigenvalue weighted by atomic mass is 16.5. The highest BCUT2D eigenvalue weighted by Crippen LogP contribution is 2.23. The summed E-state index contributed by atoms with van der Waals surface area (Å²) in [6, 6.07) is 7.12. The predicted octanol–water partition coefficient (Wildman–Crippen LogP) is 2.69. The number of hydrogen-bond donors (Lipinski definition) is 1. The summed E-state index contributed by atoms with van der Waals surface area (Å²) in [6.45, 7) is 6.09. The minimum Gasteiger partial charge on any atom is -0.494 e. The molecule has 1 aromatic rings. The number of rotatable bonds is 4. The lowest BCUT2D eigenvalue weighted by Gasteiger charge is -2.15. The van der Waals surface area contributed by atoms with E-state index in [0.29, 0.717) is 6.04 Å². The maximum Gasteiger partial charge on any atom is 0.122 e. The monoisotopic (exact) mass is 219 g/mol. The van der Waals surface area contributed by atoms with E-state index in [0.717, 1.165) is 18.8 Å². The standard InChI is InChI=1S/C14H21NO/c1-3-16-14-7-6-11(2)9-12(14)10-13-5-4-8-15-13/h6-7,9,13,15H,3-5,8,10H2,1-2H3. The van der Waals surface area contributed by atoms with Crippen molar-refractivity contribution in [2.24, 2.45) is 0 Å². The van der Waals surface area contributed by atoms with Gasteiger partial charge in [-0.15, -0.1) is 0 Å². The molecule has 0 aliphatic carbocycles. The third-order valence-corrected chi connectivity index (χ3v) is 3.14. The lowest BCUT2D eigenvalue weighted by atomic mass is 10.0. The van der Waals surface area contributed by atoms with Crippen molar-refractivity contribution < 1.29 is 4.74 Å². The van der Waals surface area contributed by atoms with Gasteiger partial charge < -0.3 is 10.1 Å². The Morgan fingerprint density at radius 1 is 1.44 bits per heavy atom. The first-order valence-corrected chi connectivity index (χ1v) is 6.25. The zero-order chi connectivity index (χ0) is 11.4. The van der Waals surface area contributed by atoms with Crippen LogP contribution in [0, 0.1) is 6.92 Å². The predicted molar refractivity (Wildman–Crippen MR) is 67.1 cm³/mol. The van der Waals surface area contributed by atoms with Gasteiger partial charge in [0.2, 0.25) is 0 Å². The van der Waals surface area contributed by atoms with Crippen molar-refractivity contribution in [1.29, 1.82) is 0 Å². The van der Waals surface area contributed by atoms with Crippen LogP contribution in [0.4, 0.5) is 0 Å². The maximum absolute atomic E-state index is 5.67. The van der Waals surface area contributed by atoms with Crippen LogP contribution in [-0.2, 0) is 6.42 Å². The fraction of sp³-hybridized carbons (Fsp3) is 0.571. The van der Waals surface area contributed by atoms with Crippen LogP contribution >= 0.6 is 0 Å². The number of aryl methyl sites for hydroxylation is 1. The molecule has 1 heterocycles. The minimum absolute atomic E-state index is 0.640. The molecule has 1 fully saturated rings. The molecule has 2 nitrogen and oxygen atoms in total. The Kier molecular flexibility index (Phi) is 3.83. The largest absolute Gasteiger partial charge is 0.494 e. The maximum atomic E-state index is 5.67. The van der Waals surface area contributed by atoms with Gasteiger partial charge in [0, 0.05) is 6.04 Å². The molecule has 1 aromatic carbocycles. The van der Waals surface area contributed by atoms with Gasteiger partial charge in [-0.3, -0.25) is 0 Å². The van der Waals surface area contributed by atoms with E-state index >= 15 is 0 Å². The molecule has 1 unspecified atom stereocenters. The van der Waals surface area contributed by atoms with E-state index in [2.05, 4.69) is 30.4 Å². The van der Waals surface area contributed by atoms with Gasteiger partial charge in [0.1, 0.15) is 5.75 Å². The van der Waals surface area contributed by atoms with Gasteiger partial charge in [-0.25, -0.2) is 0 Å².